The van der Waals surface area contributed by atoms with Gasteiger partial charge in [0.15, 0.2) is 0 Å². The predicted molar refractivity (Wildman–Crippen MR) is 62.8 cm³/mol. The van der Waals surface area contributed by atoms with Crippen LogP contribution in [0.3, 0.4) is 0 Å². The van der Waals surface area contributed by atoms with Gasteiger partial charge in [-0.15, -0.1) is 0 Å². The van der Waals surface area contributed by atoms with Crippen LogP contribution in [0.1, 0.15) is 30.0 Å². The molecular weight excluding hydrogens is 222 g/mol. The number of rotatable bonds is 7. The molecule has 17 heavy (non-hydrogen) atoms. The molecule has 5 heteroatoms. The molecule has 5 nitrogen and oxygen atoms in total. The lowest BCUT2D eigenvalue weighted by Crippen LogP contribution is -2.20. The molecule has 0 aromatic carbocycles. The molecule has 0 aliphatic rings. The Kier molecular flexibility index (Phi) is 5.72. The first-order valence-electron chi connectivity index (χ1n) is 5.61. The zero-order valence-corrected chi connectivity index (χ0v) is 10.5. The molecular formula is C12H19NO4. The summed E-state index contributed by atoms with van der Waals surface area (Å²) < 4.78 is 15.2. The summed E-state index contributed by atoms with van der Waals surface area (Å²) in [4.78, 5) is 11.2. The van der Waals surface area contributed by atoms with Crippen LogP contribution in [-0.2, 0) is 16.0 Å². The Morgan fingerprint density at radius 1 is 1.53 bits per heavy atom. The van der Waals surface area contributed by atoms with Crippen molar-refractivity contribution in [3.05, 3.63) is 23.7 Å². The first-order valence-corrected chi connectivity index (χ1v) is 5.61. The van der Waals surface area contributed by atoms with Gasteiger partial charge in [0.2, 0.25) is 0 Å². The molecule has 1 aromatic rings. The Labute approximate surface area is 101 Å². The number of methoxy groups -OCH3 is 1. The quantitative estimate of drug-likeness (QED) is 0.580. The molecule has 0 fully saturated rings. The fourth-order valence-corrected chi connectivity index (χ4v) is 1.28. The van der Waals surface area contributed by atoms with E-state index in [1.54, 1.807) is 6.07 Å². The standard InChI is InChI=1S/C12H19NO4/c1-9(2)16-5-4-13-7-11-6-10(8-17-11)12(14)15-3/h6,8-9,13H,4-5,7H2,1-3H3. The highest BCUT2D eigenvalue weighted by Crippen LogP contribution is 2.08. The van der Waals surface area contributed by atoms with Gasteiger partial charge in [-0.3, -0.25) is 0 Å². The smallest absolute Gasteiger partial charge is 0.341 e. The summed E-state index contributed by atoms with van der Waals surface area (Å²) in [6, 6.07) is 1.67. The van der Waals surface area contributed by atoms with Gasteiger partial charge >= 0.3 is 5.97 Å². The Balaban J connectivity index is 2.23. The molecule has 1 heterocycles. The molecule has 0 saturated heterocycles. The van der Waals surface area contributed by atoms with E-state index < -0.39 is 0 Å². The van der Waals surface area contributed by atoms with Crippen molar-refractivity contribution >= 4 is 5.97 Å². The van der Waals surface area contributed by atoms with E-state index in [0.717, 1.165) is 6.54 Å². The molecule has 0 aliphatic carbocycles. The van der Waals surface area contributed by atoms with E-state index in [1.807, 2.05) is 13.8 Å². The molecule has 96 valence electrons. The molecule has 1 N–H and O–H groups in total. The third-order valence-electron chi connectivity index (χ3n) is 2.10. The Bertz CT molecular complexity index is 346. The monoisotopic (exact) mass is 241 g/mol. The van der Waals surface area contributed by atoms with Gasteiger partial charge in [0.25, 0.3) is 0 Å². The van der Waals surface area contributed by atoms with E-state index in [2.05, 4.69) is 10.1 Å². The van der Waals surface area contributed by atoms with Crippen LogP contribution in [0.2, 0.25) is 0 Å². The van der Waals surface area contributed by atoms with Crippen LogP contribution in [0, 0.1) is 0 Å². The SMILES string of the molecule is COC(=O)c1coc(CNCCOC(C)C)c1. The van der Waals surface area contributed by atoms with Crippen molar-refractivity contribution in [1.29, 1.82) is 0 Å². The van der Waals surface area contributed by atoms with Crippen LogP contribution in [0.15, 0.2) is 16.7 Å². The minimum absolute atomic E-state index is 0.242. The van der Waals surface area contributed by atoms with E-state index in [-0.39, 0.29) is 12.1 Å². The molecule has 0 bridgehead atoms. The lowest BCUT2D eigenvalue weighted by molar-refractivity contribution is 0.0600. The van der Waals surface area contributed by atoms with Crippen molar-refractivity contribution in [2.75, 3.05) is 20.3 Å². The van der Waals surface area contributed by atoms with Crippen molar-refractivity contribution in [3.63, 3.8) is 0 Å². The minimum Gasteiger partial charge on any atom is -0.467 e. The fourth-order valence-electron chi connectivity index (χ4n) is 1.28. The highest BCUT2D eigenvalue weighted by atomic mass is 16.5. The summed E-state index contributed by atoms with van der Waals surface area (Å²) in [6.07, 6.45) is 1.64. The second kappa shape index (κ2) is 7.09. The highest BCUT2D eigenvalue weighted by Gasteiger charge is 2.09. The zero-order valence-electron chi connectivity index (χ0n) is 10.5. The van der Waals surface area contributed by atoms with E-state index in [0.29, 0.717) is 24.5 Å². The first kappa shape index (κ1) is 13.7. The molecule has 0 aliphatic heterocycles. The molecule has 0 atom stereocenters. The van der Waals surface area contributed by atoms with Crippen molar-refractivity contribution in [3.8, 4) is 0 Å². The zero-order chi connectivity index (χ0) is 12.7. The van der Waals surface area contributed by atoms with Gasteiger partial charge < -0.3 is 19.2 Å². The van der Waals surface area contributed by atoms with Gasteiger partial charge in [0.05, 0.1) is 31.9 Å². The topological polar surface area (TPSA) is 60.7 Å². The van der Waals surface area contributed by atoms with Gasteiger partial charge in [0.1, 0.15) is 12.0 Å². The molecule has 1 rings (SSSR count). The molecule has 0 unspecified atom stereocenters. The largest absolute Gasteiger partial charge is 0.467 e. The minimum atomic E-state index is -0.386. The molecule has 0 saturated carbocycles. The highest BCUT2D eigenvalue weighted by molar-refractivity contribution is 5.88. The van der Waals surface area contributed by atoms with Gasteiger partial charge in [-0.25, -0.2) is 4.79 Å². The van der Waals surface area contributed by atoms with Crippen LogP contribution in [0.5, 0.6) is 0 Å². The number of hydrogen-bond acceptors (Lipinski definition) is 5. The second-order valence-corrected chi connectivity index (χ2v) is 3.89. The van der Waals surface area contributed by atoms with Gasteiger partial charge in [0, 0.05) is 6.54 Å². The molecule has 0 spiro atoms. The third kappa shape index (κ3) is 5.01. The summed E-state index contributed by atoms with van der Waals surface area (Å²) >= 11 is 0. The number of esters is 1. The van der Waals surface area contributed by atoms with Crippen molar-refractivity contribution in [2.24, 2.45) is 0 Å². The van der Waals surface area contributed by atoms with Crippen LogP contribution >= 0.6 is 0 Å². The lowest BCUT2D eigenvalue weighted by atomic mass is 10.3. The van der Waals surface area contributed by atoms with Crippen molar-refractivity contribution in [2.45, 2.75) is 26.5 Å². The molecule has 0 amide bonds. The van der Waals surface area contributed by atoms with E-state index >= 15 is 0 Å². The number of carbonyl (C=O) groups excluding carboxylic acids is 1. The maximum Gasteiger partial charge on any atom is 0.341 e. The summed E-state index contributed by atoms with van der Waals surface area (Å²) in [6.45, 7) is 5.96. The summed E-state index contributed by atoms with van der Waals surface area (Å²) in [7, 11) is 1.34. The van der Waals surface area contributed by atoms with Crippen LogP contribution in [-0.4, -0.2) is 32.3 Å². The van der Waals surface area contributed by atoms with Gasteiger partial charge in [-0.1, -0.05) is 0 Å². The average Bonchev–Trinajstić information content (AvgIpc) is 2.76. The maximum atomic E-state index is 11.2. The van der Waals surface area contributed by atoms with Crippen LogP contribution in [0.4, 0.5) is 0 Å². The Morgan fingerprint density at radius 2 is 2.29 bits per heavy atom. The van der Waals surface area contributed by atoms with Crippen molar-refractivity contribution < 1.29 is 18.7 Å². The van der Waals surface area contributed by atoms with Crippen LogP contribution < -0.4 is 5.32 Å². The van der Waals surface area contributed by atoms with E-state index in [9.17, 15) is 4.79 Å². The fraction of sp³-hybridized carbons (Fsp3) is 0.583. The van der Waals surface area contributed by atoms with Gasteiger partial charge in [-0.2, -0.15) is 0 Å². The number of nitrogens with one attached hydrogen (secondary N) is 1. The van der Waals surface area contributed by atoms with Crippen molar-refractivity contribution in [1.82, 2.24) is 5.32 Å². The molecule has 0 radical (unpaired) electrons. The summed E-state index contributed by atoms with van der Waals surface area (Å²) in [5, 5.41) is 3.16. The average molecular weight is 241 g/mol. The van der Waals surface area contributed by atoms with E-state index in [4.69, 9.17) is 9.15 Å². The molecule has 1 aromatic heterocycles. The first-order chi connectivity index (χ1) is 8.13. The lowest BCUT2D eigenvalue weighted by Gasteiger charge is -2.07. The predicted octanol–water partition coefficient (Wildman–Crippen LogP) is 1.58. The number of furan rings is 1. The number of hydrogen-bond donors (Lipinski definition) is 1. The number of carbonyl (C=O) groups is 1. The van der Waals surface area contributed by atoms with Crippen LogP contribution in [0.25, 0.3) is 0 Å². The Morgan fingerprint density at radius 3 is 2.94 bits per heavy atom. The maximum absolute atomic E-state index is 11.2. The van der Waals surface area contributed by atoms with E-state index in [1.165, 1.54) is 13.4 Å². The summed E-state index contributed by atoms with van der Waals surface area (Å²) in [5.74, 6) is 0.318. The Hall–Kier alpha value is -1.33. The summed E-state index contributed by atoms with van der Waals surface area (Å²) in [5.41, 5.74) is 0.433. The normalized spacial score (nSPS) is 10.8. The number of ether oxygens (including phenoxy) is 2. The van der Waals surface area contributed by atoms with Gasteiger partial charge in [-0.05, 0) is 19.9 Å². The third-order valence-corrected chi connectivity index (χ3v) is 2.10. The second-order valence-electron chi connectivity index (χ2n) is 3.89.